The predicted molar refractivity (Wildman–Crippen MR) is 64.6 cm³/mol. The molecule has 0 fully saturated rings. The van der Waals surface area contributed by atoms with Gasteiger partial charge in [-0.1, -0.05) is 12.1 Å². The minimum Gasteiger partial charge on any atom is -0.462 e. The van der Waals surface area contributed by atoms with Crippen LogP contribution in [-0.4, -0.2) is 27.3 Å². The second-order valence-corrected chi connectivity index (χ2v) is 4.16. The van der Waals surface area contributed by atoms with Crippen LogP contribution in [0.25, 0.3) is 0 Å². The zero-order valence-electron chi connectivity index (χ0n) is 9.81. The van der Waals surface area contributed by atoms with Gasteiger partial charge in [0.15, 0.2) is 0 Å². The lowest BCUT2D eigenvalue weighted by molar-refractivity contribution is 0.0526. The standard InChI is InChI=1S/C10H13NO2.H3O4P/c1-2-13-10(12)9-5-3-8(7-11)4-6-9;1-5(2,3)4/h3-6H,2,7,11H2,1H3;(H3,1,2,3,4). The van der Waals surface area contributed by atoms with E-state index < -0.39 is 7.82 Å². The summed E-state index contributed by atoms with van der Waals surface area (Å²) >= 11 is 0. The number of rotatable bonds is 3. The molecular weight excluding hydrogens is 261 g/mol. The molecule has 1 aromatic carbocycles. The van der Waals surface area contributed by atoms with Gasteiger partial charge in [0, 0.05) is 6.54 Å². The molecule has 1 aromatic rings. The number of hydrogen-bond acceptors (Lipinski definition) is 4. The van der Waals surface area contributed by atoms with E-state index in [1.54, 1.807) is 19.1 Å². The van der Waals surface area contributed by atoms with E-state index in [1.165, 1.54) is 0 Å². The molecule has 0 radical (unpaired) electrons. The highest BCUT2D eigenvalue weighted by Gasteiger charge is 2.04. The number of phosphoric acid groups is 1. The number of carbonyl (C=O) groups is 1. The third-order valence-electron chi connectivity index (χ3n) is 1.70. The summed E-state index contributed by atoms with van der Waals surface area (Å²) in [5.74, 6) is -0.286. The van der Waals surface area contributed by atoms with Crippen molar-refractivity contribution in [3.63, 3.8) is 0 Å². The van der Waals surface area contributed by atoms with Crippen molar-refractivity contribution in [2.75, 3.05) is 6.61 Å². The maximum Gasteiger partial charge on any atom is 0.466 e. The maximum absolute atomic E-state index is 11.2. The molecule has 0 heterocycles. The zero-order chi connectivity index (χ0) is 14.2. The second kappa shape index (κ2) is 7.97. The van der Waals surface area contributed by atoms with Crippen LogP contribution < -0.4 is 5.73 Å². The molecule has 1 rings (SSSR count). The molecule has 0 aliphatic heterocycles. The van der Waals surface area contributed by atoms with Crippen molar-refractivity contribution >= 4 is 13.8 Å². The fraction of sp³-hybridized carbons (Fsp3) is 0.300. The van der Waals surface area contributed by atoms with Gasteiger partial charge in [0.25, 0.3) is 0 Å². The first-order valence-corrected chi connectivity index (χ1v) is 6.58. The molecule has 102 valence electrons. The van der Waals surface area contributed by atoms with Crippen LogP contribution in [0, 0.1) is 0 Å². The van der Waals surface area contributed by atoms with Gasteiger partial charge in [0.1, 0.15) is 0 Å². The summed E-state index contributed by atoms with van der Waals surface area (Å²) in [7, 11) is -4.64. The summed E-state index contributed by atoms with van der Waals surface area (Å²) in [5.41, 5.74) is 6.99. The van der Waals surface area contributed by atoms with Gasteiger partial charge in [-0.25, -0.2) is 9.36 Å². The number of carbonyl (C=O) groups excluding carboxylic acids is 1. The van der Waals surface area contributed by atoms with E-state index >= 15 is 0 Å². The first kappa shape index (κ1) is 16.8. The van der Waals surface area contributed by atoms with Crippen LogP contribution in [0.2, 0.25) is 0 Å². The molecule has 7 nitrogen and oxygen atoms in total. The molecule has 0 unspecified atom stereocenters. The average molecular weight is 277 g/mol. The molecule has 0 atom stereocenters. The molecule has 18 heavy (non-hydrogen) atoms. The Morgan fingerprint density at radius 1 is 1.28 bits per heavy atom. The van der Waals surface area contributed by atoms with E-state index in [2.05, 4.69) is 0 Å². The Hall–Kier alpha value is -1.24. The largest absolute Gasteiger partial charge is 0.466 e. The van der Waals surface area contributed by atoms with Gasteiger partial charge in [-0.15, -0.1) is 0 Å². The molecule has 0 saturated carbocycles. The van der Waals surface area contributed by atoms with Crippen LogP contribution in [0.3, 0.4) is 0 Å². The Bertz CT molecular complexity index is 405. The third-order valence-corrected chi connectivity index (χ3v) is 1.70. The van der Waals surface area contributed by atoms with E-state index in [1.807, 2.05) is 12.1 Å². The van der Waals surface area contributed by atoms with Gasteiger partial charge >= 0.3 is 13.8 Å². The lowest BCUT2D eigenvalue weighted by Gasteiger charge is -2.01. The number of benzene rings is 1. The molecule has 0 amide bonds. The smallest absolute Gasteiger partial charge is 0.462 e. The number of esters is 1. The summed E-state index contributed by atoms with van der Waals surface area (Å²) in [5, 5.41) is 0. The molecule has 0 spiro atoms. The van der Waals surface area contributed by atoms with Gasteiger partial charge in [0.05, 0.1) is 12.2 Å². The van der Waals surface area contributed by atoms with E-state index in [9.17, 15) is 4.79 Å². The van der Waals surface area contributed by atoms with Gasteiger partial charge in [-0.3, -0.25) is 0 Å². The lowest BCUT2D eigenvalue weighted by atomic mass is 10.1. The van der Waals surface area contributed by atoms with Gasteiger partial charge in [-0.05, 0) is 24.6 Å². The summed E-state index contributed by atoms with van der Waals surface area (Å²) in [6, 6.07) is 7.10. The highest BCUT2D eigenvalue weighted by Crippen LogP contribution is 2.25. The highest BCUT2D eigenvalue weighted by molar-refractivity contribution is 7.45. The Morgan fingerprint density at radius 3 is 2.06 bits per heavy atom. The van der Waals surface area contributed by atoms with E-state index in [0.29, 0.717) is 18.7 Å². The fourth-order valence-electron chi connectivity index (χ4n) is 0.991. The molecule has 0 aliphatic carbocycles. The summed E-state index contributed by atoms with van der Waals surface area (Å²) in [6.07, 6.45) is 0. The number of nitrogens with two attached hydrogens (primary N) is 1. The minimum atomic E-state index is -4.64. The van der Waals surface area contributed by atoms with Crippen LogP contribution in [0.15, 0.2) is 24.3 Å². The quantitative estimate of drug-likeness (QED) is 0.464. The van der Waals surface area contributed by atoms with Crippen molar-refractivity contribution in [3.8, 4) is 0 Å². The summed E-state index contributed by atoms with van der Waals surface area (Å²) in [6.45, 7) is 2.67. The third kappa shape index (κ3) is 8.86. The SMILES string of the molecule is CCOC(=O)c1ccc(CN)cc1.O=P(O)(O)O. The van der Waals surface area contributed by atoms with Crippen LogP contribution in [0.4, 0.5) is 0 Å². The van der Waals surface area contributed by atoms with Crippen molar-refractivity contribution in [1.82, 2.24) is 0 Å². The number of hydrogen-bond donors (Lipinski definition) is 4. The maximum atomic E-state index is 11.2. The molecular formula is C10H16NO6P. The monoisotopic (exact) mass is 277 g/mol. The molecule has 8 heteroatoms. The van der Waals surface area contributed by atoms with Crippen LogP contribution in [0.5, 0.6) is 0 Å². The normalized spacial score (nSPS) is 10.3. The van der Waals surface area contributed by atoms with Crippen molar-refractivity contribution in [3.05, 3.63) is 35.4 Å². The van der Waals surface area contributed by atoms with Gasteiger partial charge in [0.2, 0.25) is 0 Å². The average Bonchev–Trinajstić information content (AvgIpc) is 2.27. The second-order valence-electron chi connectivity index (χ2n) is 3.13. The minimum absolute atomic E-state index is 0.286. The zero-order valence-corrected chi connectivity index (χ0v) is 10.7. The molecule has 0 bridgehead atoms. The van der Waals surface area contributed by atoms with Gasteiger partial charge in [-0.2, -0.15) is 0 Å². The topological polar surface area (TPSA) is 130 Å². The lowest BCUT2D eigenvalue weighted by Crippen LogP contribution is -2.05. The van der Waals surface area contributed by atoms with Crippen molar-refractivity contribution in [1.29, 1.82) is 0 Å². The van der Waals surface area contributed by atoms with Crippen LogP contribution in [-0.2, 0) is 15.8 Å². The summed E-state index contributed by atoms with van der Waals surface area (Å²) < 4.78 is 13.7. The van der Waals surface area contributed by atoms with Crippen molar-refractivity contribution in [2.24, 2.45) is 5.73 Å². The van der Waals surface area contributed by atoms with E-state index in [0.717, 1.165) is 5.56 Å². The molecule has 5 N–H and O–H groups in total. The van der Waals surface area contributed by atoms with E-state index in [-0.39, 0.29) is 5.97 Å². The Kier molecular flexibility index (Phi) is 7.42. The van der Waals surface area contributed by atoms with Crippen LogP contribution >= 0.6 is 7.82 Å². The Morgan fingerprint density at radius 2 is 1.72 bits per heavy atom. The van der Waals surface area contributed by atoms with Crippen molar-refractivity contribution in [2.45, 2.75) is 13.5 Å². The van der Waals surface area contributed by atoms with E-state index in [4.69, 9.17) is 29.7 Å². The first-order chi connectivity index (χ1) is 8.27. The fourth-order valence-corrected chi connectivity index (χ4v) is 0.991. The molecule has 0 saturated heterocycles. The Labute approximate surface area is 104 Å². The highest BCUT2D eigenvalue weighted by atomic mass is 31.2. The predicted octanol–water partition coefficient (Wildman–Crippen LogP) is 0.393. The van der Waals surface area contributed by atoms with Crippen molar-refractivity contribution < 1.29 is 28.8 Å². The Balaban J connectivity index is 0.000000494. The first-order valence-electron chi connectivity index (χ1n) is 5.02. The van der Waals surface area contributed by atoms with Gasteiger partial charge < -0.3 is 25.2 Å². The summed E-state index contributed by atoms with van der Waals surface area (Å²) in [4.78, 5) is 32.8. The molecule has 0 aliphatic rings. The molecule has 0 aromatic heterocycles. The number of ether oxygens (including phenoxy) is 1. The van der Waals surface area contributed by atoms with Crippen LogP contribution in [0.1, 0.15) is 22.8 Å².